The Balaban J connectivity index is 1.65. The Morgan fingerprint density at radius 1 is 1.00 bits per heavy atom. The van der Waals surface area contributed by atoms with Crippen LogP contribution in [0.25, 0.3) is 10.2 Å². The van der Waals surface area contributed by atoms with Crippen molar-refractivity contribution in [1.29, 1.82) is 0 Å². The summed E-state index contributed by atoms with van der Waals surface area (Å²) in [5.41, 5.74) is 1.45. The maximum Gasteiger partial charge on any atom is 0.261 e. The molecule has 8 heteroatoms. The van der Waals surface area contributed by atoms with E-state index in [0.717, 1.165) is 15.8 Å². The Morgan fingerprint density at radius 2 is 1.79 bits per heavy atom. The van der Waals surface area contributed by atoms with Crippen LogP contribution in [0.2, 0.25) is 0 Å². The Kier molecular flexibility index (Phi) is 4.74. The monoisotopic (exact) mass is 411 g/mol. The first-order chi connectivity index (χ1) is 13.4. The Hall–Kier alpha value is -2.97. The molecule has 0 saturated heterocycles. The number of hydrogen-bond donors (Lipinski definition) is 1. The molecule has 0 spiro atoms. The molecule has 0 aliphatic heterocycles. The van der Waals surface area contributed by atoms with E-state index in [1.807, 2.05) is 19.2 Å². The van der Waals surface area contributed by atoms with Crippen molar-refractivity contribution < 1.29 is 13.2 Å². The molecular weight excluding hydrogens is 394 g/mol. The van der Waals surface area contributed by atoms with Gasteiger partial charge in [-0.15, -0.1) is 11.3 Å². The highest BCUT2D eigenvalue weighted by Gasteiger charge is 2.15. The summed E-state index contributed by atoms with van der Waals surface area (Å²) in [6.45, 7) is 3.79. The van der Waals surface area contributed by atoms with Crippen molar-refractivity contribution in [3.8, 4) is 11.6 Å². The lowest BCUT2D eigenvalue weighted by Crippen LogP contribution is -2.12. The van der Waals surface area contributed by atoms with E-state index in [1.54, 1.807) is 54.6 Å². The van der Waals surface area contributed by atoms with Gasteiger partial charge in [0.15, 0.2) is 0 Å². The van der Waals surface area contributed by atoms with E-state index < -0.39 is 10.0 Å². The van der Waals surface area contributed by atoms with Gasteiger partial charge in [0.05, 0.1) is 16.0 Å². The highest BCUT2D eigenvalue weighted by Crippen LogP contribution is 2.34. The third kappa shape index (κ3) is 3.69. The van der Waals surface area contributed by atoms with Crippen molar-refractivity contribution in [2.24, 2.45) is 0 Å². The van der Waals surface area contributed by atoms with Gasteiger partial charge in [0, 0.05) is 6.07 Å². The SMILES string of the molecule is Cc1nc(Oc2cccc(NS(=O)(=O)c3ccccc3)c2)c2c(C)csc2n1. The Bertz CT molecular complexity index is 1250. The first-order valence-electron chi connectivity index (χ1n) is 8.50. The minimum Gasteiger partial charge on any atom is -0.438 e. The van der Waals surface area contributed by atoms with Gasteiger partial charge < -0.3 is 4.74 Å². The maximum absolute atomic E-state index is 12.5. The number of fused-ring (bicyclic) bond motifs is 1. The molecule has 2 heterocycles. The van der Waals surface area contributed by atoms with Crippen LogP contribution in [0.15, 0.2) is 64.9 Å². The Morgan fingerprint density at radius 3 is 2.57 bits per heavy atom. The molecule has 0 unspecified atom stereocenters. The second kappa shape index (κ2) is 7.21. The number of thiophene rings is 1. The molecule has 2 aromatic carbocycles. The van der Waals surface area contributed by atoms with Crippen molar-refractivity contribution in [3.63, 3.8) is 0 Å². The third-order valence-electron chi connectivity index (χ3n) is 4.05. The molecule has 142 valence electrons. The zero-order valence-corrected chi connectivity index (χ0v) is 16.8. The highest BCUT2D eigenvalue weighted by atomic mass is 32.2. The van der Waals surface area contributed by atoms with Gasteiger partial charge in [0.25, 0.3) is 10.0 Å². The molecule has 0 radical (unpaired) electrons. The molecular formula is C20H17N3O3S2. The summed E-state index contributed by atoms with van der Waals surface area (Å²) in [4.78, 5) is 9.91. The number of anilines is 1. The number of benzene rings is 2. The van der Waals surface area contributed by atoms with Crippen molar-refractivity contribution in [3.05, 3.63) is 71.4 Å². The van der Waals surface area contributed by atoms with Gasteiger partial charge >= 0.3 is 0 Å². The predicted molar refractivity (Wildman–Crippen MR) is 111 cm³/mol. The van der Waals surface area contributed by atoms with E-state index in [2.05, 4.69) is 14.7 Å². The molecule has 0 fully saturated rings. The highest BCUT2D eigenvalue weighted by molar-refractivity contribution is 7.92. The molecule has 0 amide bonds. The standard InChI is InChI=1S/C20H17N3O3S2/c1-13-12-27-20-18(13)19(21-14(2)22-20)26-16-8-6-7-15(11-16)23-28(24,25)17-9-4-3-5-10-17/h3-12,23H,1-2H3. The van der Waals surface area contributed by atoms with Crippen LogP contribution in [-0.2, 0) is 10.0 Å². The smallest absolute Gasteiger partial charge is 0.261 e. The first-order valence-corrected chi connectivity index (χ1v) is 10.9. The lowest BCUT2D eigenvalue weighted by molar-refractivity contribution is 0.467. The Labute approximate surface area is 166 Å². The number of rotatable bonds is 5. The van der Waals surface area contributed by atoms with Crippen LogP contribution >= 0.6 is 11.3 Å². The minimum atomic E-state index is -3.67. The predicted octanol–water partition coefficient (Wildman–Crippen LogP) is 4.90. The maximum atomic E-state index is 12.5. The minimum absolute atomic E-state index is 0.198. The van der Waals surface area contributed by atoms with Crippen LogP contribution in [0.5, 0.6) is 11.6 Å². The van der Waals surface area contributed by atoms with E-state index >= 15 is 0 Å². The van der Waals surface area contributed by atoms with Crippen LogP contribution in [0.1, 0.15) is 11.4 Å². The second-order valence-corrected chi connectivity index (χ2v) is 8.76. The summed E-state index contributed by atoms with van der Waals surface area (Å²) in [6.07, 6.45) is 0. The van der Waals surface area contributed by atoms with Gasteiger partial charge in [-0.2, -0.15) is 4.98 Å². The topological polar surface area (TPSA) is 81.2 Å². The summed E-state index contributed by atoms with van der Waals surface area (Å²) in [6, 6.07) is 15.0. The van der Waals surface area contributed by atoms with Gasteiger partial charge in [-0.25, -0.2) is 13.4 Å². The molecule has 0 saturated carbocycles. The summed E-state index contributed by atoms with van der Waals surface area (Å²) in [7, 11) is -3.67. The molecule has 28 heavy (non-hydrogen) atoms. The fourth-order valence-corrected chi connectivity index (χ4v) is 4.80. The summed E-state index contributed by atoms with van der Waals surface area (Å²) >= 11 is 1.54. The largest absolute Gasteiger partial charge is 0.438 e. The summed E-state index contributed by atoms with van der Waals surface area (Å²) in [5.74, 6) is 1.56. The third-order valence-corrected chi connectivity index (χ3v) is 6.44. The molecule has 0 aliphatic rings. The number of nitrogens with zero attached hydrogens (tertiary/aromatic N) is 2. The van der Waals surface area contributed by atoms with E-state index in [1.165, 1.54) is 11.3 Å². The van der Waals surface area contributed by atoms with E-state index in [4.69, 9.17) is 4.74 Å². The van der Waals surface area contributed by atoms with Crippen molar-refractivity contribution in [2.75, 3.05) is 4.72 Å². The summed E-state index contributed by atoms with van der Waals surface area (Å²) in [5, 5.41) is 2.88. The number of sulfonamides is 1. The lowest BCUT2D eigenvalue weighted by atomic mass is 10.2. The average molecular weight is 412 g/mol. The first kappa shape index (κ1) is 18.4. The molecule has 0 bridgehead atoms. The van der Waals surface area contributed by atoms with Gasteiger partial charge in [-0.3, -0.25) is 4.72 Å². The van der Waals surface area contributed by atoms with E-state index in [-0.39, 0.29) is 4.90 Å². The fraction of sp³-hybridized carbons (Fsp3) is 0.100. The van der Waals surface area contributed by atoms with E-state index in [9.17, 15) is 8.42 Å². The summed E-state index contributed by atoms with van der Waals surface area (Å²) < 4.78 is 33.6. The number of hydrogen-bond acceptors (Lipinski definition) is 6. The van der Waals surface area contributed by atoms with Gasteiger partial charge in [0.1, 0.15) is 16.4 Å². The van der Waals surface area contributed by atoms with Crippen molar-refractivity contribution in [2.45, 2.75) is 18.7 Å². The van der Waals surface area contributed by atoms with Crippen molar-refractivity contribution in [1.82, 2.24) is 9.97 Å². The number of nitrogens with one attached hydrogen (secondary N) is 1. The molecule has 4 aromatic rings. The quantitative estimate of drug-likeness (QED) is 0.505. The number of ether oxygens (including phenoxy) is 1. The zero-order valence-electron chi connectivity index (χ0n) is 15.2. The molecule has 6 nitrogen and oxygen atoms in total. The average Bonchev–Trinajstić information content (AvgIpc) is 3.03. The van der Waals surface area contributed by atoms with Crippen molar-refractivity contribution >= 4 is 37.3 Å². The van der Waals surface area contributed by atoms with Crippen LogP contribution in [0, 0.1) is 13.8 Å². The van der Waals surface area contributed by atoms with Gasteiger partial charge in [-0.1, -0.05) is 24.3 Å². The van der Waals surface area contributed by atoms with Gasteiger partial charge in [-0.05, 0) is 49.1 Å². The molecule has 2 aromatic heterocycles. The molecule has 0 atom stereocenters. The van der Waals surface area contributed by atoms with E-state index in [0.29, 0.717) is 23.1 Å². The molecule has 4 rings (SSSR count). The van der Waals surface area contributed by atoms with Crippen LogP contribution in [-0.4, -0.2) is 18.4 Å². The lowest BCUT2D eigenvalue weighted by Gasteiger charge is -2.11. The fourth-order valence-electron chi connectivity index (χ4n) is 2.77. The number of aryl methyl sites for hydroxylation is 2. The van der Waals surface area contributed by atoms with Crippen LogP contribution in [0.4, 0.5) is 5.69 Å². The molecule has 1 N–H and O–H groups in total. The second-order valence-electron chi connectivity index (χ2n) is 6.22. The van der Waals surface area contributed by atoms with Crippen LogP contribution in [0.3, 0.4) is 0 Å². The number of aromatic nitrogens is 2. The normalized spacial score (nSPS) is 11.5. The molecule has 0 aliphatic carbocycles. The van der Waals surface area contributed by atoms with Crippen LogP contribution < -0.4 is 9.46 Å². The van der Waals surface area contributed by atoms with Gasteiger partial charge in [0.2, 0.25) is 5.88 Å². The zero-order chi connectivity index (χ0) is 19.7.